The van der Waals surface area contributed by atoms with Gasteiger partial charge in [-0.25, -0.2) is 0 Å². The van der Waals surface area contributed by atoms with E-state index in [-0.39, 0.29) is 0 Å². The Morgan fingerprint density at radius 2 is 1.96 bits per heavy atom. The number of aryl methyl sites for hydroxylation is 2. The average Bonchev–Trinajstić information content (AvgIpc) is 2.60. The molecule has 1 aliphatic carbocycles. The number of likely N-dealkylation sites (N-methyl/N-ethyl adjacent to an activating group) is 1. The summed E-state index contributed by atoms with van der Waals surface area (Å²) in [6, 6.07) is 16.2. The fraction of sp³-hybridized carbons (Fsp3) is 0.429. The van der Waals surface area contributed by atoms with Gasteiger partial charge in [-0.2, -0.15) is 0 Å². The molecule has 0 N–H and O–H groups in total. The Morgan fingerprint density at radius 3 is 2.70 bits per heavy atom. The van der Waals surface area contributed by atoms with Gasteiger partial charge in [0.15, 0.2) is 0 Å². The Hall–Kier alpha value is -1.80. The third-order valence-electron chi connectivity index (χ3n) is 5.34. The van der Waals surface area contributed by atoms with E-state index in [9.17, 15) is 0 Å². The maximum atomic E-state index is 5.57. The number of hydrogen-bond donors (Lipinski definition) is 0. The van der Waals surface area contributed by atoms with Crippen molar-refractivity contribution < 1.29 is 4.74 Å². The Morgan fingerprint density at radius 1 is 1.17 bits per heavy atom. The molecule has 2 aromatic rings. The molecule has 0 aromatic heterocycles. The first-order valence-corrected chi connectivity index (χ1v) is 8.58. The third kappa shape index (κ3) is 3.00. The van der Waals surface area contributed by atoms with Gasteiger partial charge in [0.2, 0.25) is 0 Å². The lowest BCUT2D eigenvalue weighted by Gasteiger charge is -2.39. The van der Waals surface area contributed by atoms with Gasteiger partial charge in [-0.3, -0.25) is 0 Å². The molecule has 0 heterocycles. The summed E-state index contributed by atoms with van der Waals surface area (Å²) < 4.78 is 5.57. The molecule has 2 nitrogen and oxygen atoms in total. The third-order valence-corrected chi connectivity index (χ3v) is 5.34. The second-order valence-electron chi connectivity index (χ2n) is 6.58. The standard InChI is InChI=1S/C21H27NO/c1-5-22(3)19-13-12-16-8-6-7-9-18(16)21(19)17-11-10-15(2)20(14-17)23-4/h6-11,14,19,21H,5,12-13H2,1-4H3. The lowest BCUT2D eigenvalue weighted by atomic mass is 9.75. The molecule has 0 spiro atoms. The molecule has 0 amide bonds. The molecule has 2 unspecified atom stereocenters. The molecule has 23 heavy (non-hydrogen) atoms. The van der Waals surface area contributed by atoms with Gasteiger partial charge in [-0.1, -0.05) is 43.3 Å². The van der Waals surface area contributed by atoms with E-state index < -0.39 is 0 Å². The number of benzene rings is 2. The van der Waals surface area contributed by atoms with Gasteiger partial charge in [0.05, 0.1) is 7.11 Å². The summed E-state index contributed by atoms with van der Waals surface area (Å²) >= 11 is 0. The molecule has 1 aliphatic rings. The van der Waals surface area contributed by atoms with Crippen molar-refractivity contribution in [2.45, 2.75) is 38.6 Å². The average molecular weight is 309 g/mol. The van der Waals surface area contributed by atoms with Crippen molar-refractivity contribution in [3.05, 3.63) is 64.7 Å². The Bertz CT molecular complexity index is 679. The van der Waals surface area contributed by atoms with Crippen LogP contribution in [-0.4, -0.2) is 31.6 Å². The molecule has 0 saturated carbocycles. The molecule has 3 rings (SSSR count). The molecule has 0 bridgehead atoms. The van der Waals surface area contributed by atoms with Gasteiger partial charge in [-0.15, -0.1) is 0 Å². The van der Waals surface area contributed by atoms with E-state index in [0.717, 1.165) is 12.3 Å². The summed E-state index contributed by atoms with van der Waals surface area (Å²) in [7, 11) is 4.01. The van der Waals surface area contributed by atoms with Gasteiger partial charge in [-0.05, 0) is 61.7 Å². The molecule has 2 atom stereocenters. The fourth-order valence-electron chi connectivity index (χ4n) is 3.88. The van der Waals surface area contributed by atoms with E-state index in [2.05, 4.69) is 68.3 Å². The fourth-order valence-corrected chi connectivity index (χ4v) is 3.88. The van der Waals surface area contributed by atoms with E-state index >= 15 is 0 Å². The number of ether oxygens (including phenoxy) is 1. The van der Waals surface area contributed by atoms with Crippen LogP contribution in [0.5, 0.6) is 5.75 Å². The highest BCUT2D eigenvalue weighted by molar-refractivity contribution is 5.46. The normalized spacial score (nSPS) is 20.4. The first-order valence-electron chi connectivity index (χ1n) is 8.58. The van der Waals surface area contributed by atoms with Crippen LogP contribution < -0.4 is 4.74 Å². The number of hydrogen-bond acceptors (Lipinski definition) is 2. The molecule has 0 aliphatic heterocycles. The Balaban J connectivity index is 2.10. The van der Waals surface area contributed by atoms with E-state index in [1.807, 2.05) is 0 Å². The van der Waals surface area contributed by atoms with E-state index in [1.165, 1.54) is 35.1 Å². The van der Waals surface area contributed by atoms with Crippen molar-refractivity contribution in [2.24, 2.45) is 0 Å². The van der Waals surface area contributed by atoms with Crippen molar-refractivity contribution in [1.82, 2.24) is 4.90 Å². The number of fused-ring (bicyclic) bond motifs is 1. The molecule has 122 valence electrons. The summed E-state index contributed by atoms with van der Waals surface area (Å²) in [5, 5.41) is 0. The quantitative estimate of drug-likeness (QED) is 0.830. The lowest BCUT2D eigenvalue weighted by Crippen LogP contribution is -2.40. The van der Waals surface area contributed by atoms with Gasteiger partial charge in [0, 0.05) is 12.0 Å². The topological polar surface area (TPSA) is 12.5 Å². The summed E-state index contributed by atoms with van der Waals surface area (Å²) in [6.07, 6.45) is 2.38. The minimum Gasteiger partial charge on any atom is -0.496 e. The van der Waals surface area contributed by atoms with Crippen LogP contribution in [0.25, 0.3) is 0 Å². The zero-order valence-corrected chi connectivity index (χ0v) is 14.7. The predicted molar refractivity (Wildman–Crippen MR) is 96.4 cm³/mol. The smallest absolute Gasteiger partial charge is 0.122 e. The van der Waals surface area contributed by atoms with Crippen molar-refractivity contribution >= 4 is 0 Å². The molecule has 2 aromatic carbocycles. The number of methoxy groups -OCH3 is 1. The molecule has 2 heteroatoms. The van der Waals surface area contributed by atoms with Crippen LogP contribution in [0.1, 0.15) is 41.5 Å². The van der Waals surface area contributed by atoms with E-state index in [4.69, 9.17) is 4.74 Å². The first-order chi connectivity index (χ1) is 11.2. The van der Waals surface area contributed by atoms with Gasteiger partial charge >= 0.3 is 0 Å². The zero-order chi connectivity index (χ0) is 16.4. The van der Waals surface area contributed by atoms with Crippen LogP contribution in [-0.2, 0) is 6.42 Å². The monoisotopic (exact) mass is 309 g/mol. The minimum atomic E-state index is 0.416. The van der Waals surface area contributed by atoms with Gasteiger partial charge in [0.1, 0.15) is 5.75 Å². The second-order valence-corrected chi connectivity index (χ2v) is 6.58. The highest BCUT2D eigenvalue weighted by atomic mass is 16.5. The highest BCUT2D eigenvalue weighted by Gasteiger charge is 2.32. The van der Waals surface area contributed by atoms with Crippen molar-refractivity contribution in [2.75, 3.05) is 20.7 Å². The van der Waals surface area contributed by atoms with Gasteiger partial charge < -0.3 is 9.64 Å². The molecule has 0 radical (unpaired) electrons. The summed E-state index contributed by atoms with van der Waals surface area (Å²) in [5.74, 6) is 1.41. The maximum absolute atomic E-state index is 5.57. The van der Waals surface area contributed by atoms with Gasteiger partial charge in [0.25, 0.3) is 0 Å². The minimum absolute atomic E-state index is 0.416. The predicted octanol–water partition coefficient (Wildman–Crippen LogP) is 4.40. The van der Waals surface area contributed by atoms with Crippen molar-refractivity contribution in [1.29, 1.82) is 0 Å². The summed E-state index contributed by atoms with van der Waals surface area (Å²) in [4.78, 5) is 2.49. The number of nitrogens with zero attached hydrogens (tertiary/aromatic N) is 1. The van der Waals surface area contributed by atoms with Crippen LogP contribution in [0.2, 0.25) is 0 Å². The molecular formula is C21H27NO. The summed E-state index contributed by atoms with van der Waals surface area (Å²) in [5.41, 5.74) is 5.54. The Kier molecular flexibility index (Phi) is 4.72. The highest BCUT2D eigenvalue weighted by Crippen LogP contribution is 2.40. The van der Waals surface area contributed by atoms with Crippen LogP contribution in [0.4, 0.5) is 0 Å². The molecular weight excluding hydrogens is 282 g/mol. The zero-order valence-electron chi connectivity index (χ0n) is 14.7. The lowest BCUT2D eigenvalue weighted by molar-refractivity contribution is 0.213. The first kappa shape index (κ1) is 16.1. The van der Waals surface area contributed by atoms with Crippen molar-refractivity contribution in [3.63, 3.8) is 0 Å². The Labute approximate surface area is 140 Å². The van der Waals surface area contributed by atoms with E-state index in [0.29, 0.717) is 12.0 Å². The SMILES string of the molecule is CCN(C)C1CCc2ccccc2C1c1ccc(C)c(OC)c1. The largest absolute Gasteiger partial charge is 0.496 e. The molecule has 0 saturated heterocycles. The maximum Gasteiger partial charge on any atom is 0.122 e. The van der Waals surface area contributed by atoms with Crippen molar-refractivity contribution in [3.8, 4) is 5.75 Å². The molecule has 0 fully saturated rings. The van der Waals surface area contributed by atoms with Crippen LogP contribution in [0, 0.1) is 6.92 Å². The van der Waals surface area contributed by atoms with Crippen LogP contribution in [0.3, 0.4) is 0 Å². The number of rotatable bonds is 4. The van der Waals surface area contributed by atoms with Crippen LogP contribution >= 0.6 is 0 Å². The summed E-state index contributed by atoms with van der Waals surface area (Å²) in [6.45, 7) is 5.42. The van der Waals surface area contributed by atoms with E-state index in [1.54, 1.807) is 7.11 Å². The second kappa shape index (κ2) is 6.76. The van der Waals surface area contributed by atoms with Crippen LogP contribution in [0.15, 0.2) is 42.5 Å².